The summed E-state index contributed by atoms with van der Waals surface area (Å²) in [5.74, 6) is 0.580. The van der Waals surface area contributed by atoms with Crippen molar-refractivity contribution >= 4 is 11.7 Å². The van der Waals surface area contributed by atoms with Crippen molar-refractivity contribution < 1.29 is 14.0 Å². The lowest BCUT2D eigenvalue weighted by Crippen LogP contribution is -2.27. The Hall–Kier alpha value is -2.36. The molecule has 0 aliphatic carbocycles. The fourth-order valence-electron chi connectivity index (χ4n) is 2.42. The third-order valence-corrected chi connectivity index (χ3v) is 3.46. The van der Waals surface area contributed by atoms with E-state index in [1.54, 1.807) is 18.4 Å². The Morgan fingerprint density at radius 3 is 2.55 bits per heavy atom. The summed E-state index contributed by atoms with van der Waals surface area (Å²) in [6.07, 6.45) is 4.02. The summed E-state index contributed by atoms with van der Waals surface area (Å²) >= 11 is 0. The van der Waals surface area contributed by atoms with Crippen LogP contribution in [0.25, 0.3) is 0 Å². The summed E-state index contributed by atoms with van der Waals surface area (Å²) < 4.78 is 5.30. The van der Waals surface area contributed by atoms with E-state index >= 15 is 0 Å². The highest BCUT2D eigenvalue weighted by atomic mass is 16.3. The molecule has 2 rings (SSSR count). The van der Waals surface area contributed by atoms with Gasteiger partial charge in [0.15, 0.2) is 0 Å². The molecule has 1 N–H and O–H groups in total. The van der Waals surface area contributed by atoms with Gasteiger partial charge in [-0.05, 0) is 30.5 Å². The van der Waals surface area contributed by atoms with Gasteiger partial charge < -0.3 is 9.73 Å². The molecule has 1 aromatic carbocycles. The van der Waals surface area contributed by atoms with Crippen LogP contribution in [-0.4, -0.2) is 11.7 Å². The topological polar surface area (TPSA) is 59.3 Å². The van der Waals surface area contributed by atoms with Gasteiger partial charge in [0.05, 0.1) is 12.3 Å². The number of hydrogen-bond donors (Lipinski definition) is 1. The number of hydrogen-bond acceptors (Lipinski definition) is 3. The number of rotatable bonds is 8. The standard InChI is InChI=1S/C18H21NO3/c1-14(20)19-17(18-11-6-12-22-18)13-16(21)10-5-9-15-7-3-2-4-8-15/h2-4,6-8,11-12,17H,5,9-10,13H2,1H3,(H,19,20)/t17-/m1/s1. The number of carbonyl (C=O) groups excluding carboxylic acids is 2. The Bertz CT molecular complexity index is 590. The summed E-state index contributed by atoms with van der Waals surface area (Å²) in [4.78, 5) is 23.4. The van der Waals surface area contributed by atoms with Crippen LogP contribution in [-0.2, 0) is 16.0 Å². The highest BCUT2D eigenvalue weighted by Crippen LogP contribution is 2.19. The molecule has 116 valence electrons. The Morgan fingerprint density at radius 1 is 1.14 bits per heavy atom. The SMILES string of the molecule is CC(=O)N[C@H](CC(=O)CCCc1ccccc1)c1ccco1. The van der Waals surface area contributed by atoms with Crippen molar-refractivity contribution in [3.8, 4) is 0 Å². The summed E-state index contributed by atoms with van der Waals surface area (Å²) in [6.45, 7) is 1.44. The molecular formula is C18H21NO3. The highest BCUT2D eigenvalue weighted by molar-refractivity contribution is 5.80. The summed E-state index contributed by atoms with van der Waals surface area (Å²) in [7, 11) is 0. The van der Waals surface area contributed by atoms with Crippen LogP contribution in [0.5, 0.6) is 0 Å². The van der Waals surface area contributed by atoms with Crippen LogP contribution in [0.15, 0.2) is 53.1 Å². The van der Waals surface area contributed by atoms with E-state index in [-0.39, 0.29) is 24.2 Å². The zero-order chi connectivity index (χ0) is 15.8. The minimum atomic E-state index is -0.378. The van der Waals surface area contributed by atoms with Gasteiger partial charge in [-0.1, -0.05) is 30.3 Å². The maximum absolute atomic E-state index is 12.1. The number of furan rings is 1. The molecule has 0 unspecified atom stereocenters. The summed E-state index contributed by atoms with van der Waals surface area (Å²) in [5, 5.41) is 2.77. The molecule has 0 saturated carbocycles. The lowest BCUT2D eigenvalue weighted by Gasteiger charge is -2.14. The van der Waals surface area contributed by atoms with Crippen LogP contribution in [0.3, 0.4) is 0 Å². The number of Topliss-reactive ketones (excluding diaryl/α,β-unsaturated/α-hetero) is 1. The second kappa shape index (κ2) is 8.17. The van der Waals surface area contributed by atoms with Gasteiger partial charge in [-0.2, -0.15) is 0 Å². The van der Waals surface area contributed by atoms with Gasteiger partial charge in [0, 0.05) is 19.8 Å². The lowest BCUT2D eigenvalue weighted by atomic mass is 10.0. The van der Waals surface area contributed by atoms with Crippen LogP contribution in [0, 0.1) is 0 Å². The fourth-order valence-corrected chi connectivity index (χ4v) is 2.42. The van der Waals surface area contributed by atoms with Crippen LogP contribution >= 0.6 is 0 Å². The first-order valence-corrected chi connectivity index (χ1v) is 7.51. The first-order valence-electron chi connectivity index (χ1n) is 7.51. The zero-order valence-electron chi connectivity index (χ0n) is 12.7. The predicted molar refractivity (Wildman–Crippen MR) is 84.3 cm³/mol. The lowest BCUT2D eigenvalue weighted by molar-refractivity contribution is -0.121. The Balaban J connectivity index is 1.82. The molecular weight excluding hydrogens is 278 g/mol. The minimum absolute atomic E-state index is 0.131. The summed E-state index contributed by atoms with van der Waals surface area (Å²) in [5.41, 5.74) is 1.24. The van der Waals surface area contributed by atoms with Gasteiger partial charge >= 0.3 is 0 Å². The van der Waals surface area contributed by atoms with Crippen molar-refractivity contribution in [2.24, 2.45) is 0 Å². The van der Waals surface area contributed by atoms with Crippen LogP contribution in [0.1, 0.15) is 43.6 Å². The number of ketones is 1. The maximum atomic E-state index is 12.1. The smallest absolute Gasteiger partial charge is 0.217 e. The van der Waals surface area contributed by atoms with Gasteiger partial charge in [0.2, 0.25) is 5.91 Å². The van der Waals surface area contributed by atoms with Crippen molar-refractivity contribution in [1.82, 2.24) is 5.32 Å². The van der Waals surface area contributed by atoms with Gasteiger partial charge in [-0.15, -0.1) is 0 Å². The monoisotopic (exact) mass is 299 g/mol. The Morgan fingerprint density at radius 2 is 1.91 bits per heavy atom. The average Bonchev–Trinajstić information content (AvgIpc) is 3.01. The van der Waals surface area contributed by atoms with Crippen molar-refractivity contribution in [2.45, 2.75) is 38.6 Å². The predicted octanol–water partition coefficient (Wildman–Crippen LogP) is 3.44. The maximum Gasteiger partial charge on any atom is 0.217 e. The molecule has 0 aliphatic rings. The van der Waals surface area contributed by atoms with Crippen molar-refractivity contribution in [3.05, 3.63) is 60.1 Å². The molecule has 1 amide bonds. The van der Waals surface area contributed by atoms with Crippen molar-refractivity contribution in [3.63, 3.8) is 0 Å². The van der Waals surface area contributed by atoms with E-state index in [9.17, 15) is 9.59 Å². The fraction of sp³-hybridized carbons (Fsp3) is 0.333. The molecule has 0 saturated heterocycles. The zero-order valence-corrected chi connectivity index (χ0v) is 12.7. The van der Waals surface area contributed by atoms with E-state index in [1.165, 1.54) is 12.5 Å². The summed E-state index contributed by atoms with van der Waals surface area (Å²) in [6, 6.07) is 13.3. The molecule has 4 heteroatoms. The second-order valence-corrected chi connectivity index (χ2v) is 5.35. The van der Waals surface area contributed by atoms with Gasteiger partial charge in [0.1, 0.15) is 11.5 Å². The molecule has 1 aromatic heterocycles. The number of amides is 1. The molecule has 0 bridgehead atoms. The largest absolute Gasteiger partial charge is 0.467 e. The van der Waals surface area contributed by atoms with E-state index in [0.717, 1.165) is 12.8 Å². The van der Waals surface area contributed by atoms with Gasteiger partial charge in [-0.25, -0.2) is 0 Å². The normalized spacial score (nSPS) is 11.9. The van der Waals surface area contributed by atoms with E-state index in [0.29, 0.717) is 12.2 Å². The molecule has 2 aromatic rings. The van der Waals surface area contributed by atoms with Crippen molar-refractivity contribution in [1.29, 1.82) is 0 Å². The van der Waals surface area contributed by atoms with Gasteiger partial charge in [0.25, 0.3) is 0 Å². The number of carbonyl (C=O) groups is 2. The second-order valence-electron chi connectivity index (χ2n) is 5.35. The molecule has 4 nitrogen and oxygen atoms in total. The molecule has 0 fully saturated rings. The quantitative estimate of drug-likeness (QED) is 0.812. The average molecular weight is 299 g/mol. The number of aryl methyl sites for hydroxylation is 1. The first kappa shape index (κ1) is 16.0. The minimum Gasteiger partial charge on any atom is -0.467 e. The molecule has 0 aliphatic heterocycles. The van der Waals surface area contributed by atoms with E-state index in [2.05, 4.69) is 17.4 Å². The Kier molecular flexibility index (Phi) is 5.95. The Labute approximate surface area is 130 Å². The highest BCUT2D eigenvalue weighted by Gasteiger charge is 2.19. The van der Waals surface area contributed by atoms with Crippen molar-refractivity contribution in [2.75, 3.05) is 0 Å². The van der Waals surface area contributed by atoms with Gasteiger partial charge in [-0.3, -0.25) is 9.59 Å². The molecule has 0 spiro atoms. The van der Waals surface area contributed by atoms with Crippen LogP contribution in [0.2, 0.25) is 0 Å². The number of benzene rings is 1. The van der Waals surface area contributed by atoms with E-state index < -0.39 is 0 Å². The molecule has 1 heterocycles. The molecule has 0 radical (unpaired) electrons. The molecule has 22 heavy (non-hydrogen) atoms. The van der Waals surface area contributed by atoms with Crippen LogP contribution < -0.4 is 5.32 Å². The van der Waals surface area contributed by atoms with E-state index in [4.69, 9.17) is 4.42 Å². The third kappa shape index (κ3) is 5.20. The molecule has 1 atom stereocenters. The third-order valence-electron chi connectivity index (χ3n) is 3.46. The van der Waals surface area contributed by atoms with Crippen LogP contribution in [0.4, 0.5) is 0 Å². The first-order chi connectivity index (χ1) is 10.6. The number of nitrogens with one attached hydrogen (secondary N) is 1. The van der Waals surface area contributed by atoms with E-state index in [1.807, 2.05) is 18.2 Å².